The maximum absolute atomic E-state index is 11.9. The van der Waals surface area contributed by atoms with E-state index in [9.17, 15) is 9.59 Å². The van der Waals surface area contributed by atoms with E-state index in [1.54, 1.807) is 4.90 Å². The van der Waals surface area contributed by atoms with E-state index in [1.165, 1.54) is 11.3 Å². The van der Waals surface area contributed by atoms with Crippen LogP contribution < -0.4 is 0 Å². The summed E-state index contributed by atoms with van der Waals surface area (Å²) in [5, 5.41) is 1.89. The van der Waals surface area contributed by atoms with Crippen LogP contribution in [-0.4, -0.2) is 29.7 Å². The van der Waals surface area contributed by atoms with Crippen molar-refractivity contribution in [1.82, 2.24) is 4.90 Å². The highest BCUT2D eigenvalue weighted by molar-refractivity contribution is 7.12. The van der Waals surface area contributed by atoms with E-state index < -0.39 is 0 Å². The molecule has 1 fully saturated rings. The molecule has 92 valence electrons. The van der Waals surface area contributed by atoms with Crippen LogP contribution in [0.15, 0.2) is 17.5 Å². The summed E-state index contributed by atoms with van der Waals surface area (Å²) in [6, 6.07) is 3.69. The molecular weight excluding hydrogens is 234 g/mol. The van der Waals surface area contributed by atoms with Crippen LogP contribution in [0.5, 0.6) is 0 Å². The molecule has 1 aromatic rings. The first-order chi connectivity index (χ1) is 8.27. The van der Waals surface area contributed by atoms with E-state index in [2.05, 4.69) is 0 Å². The summed E-state index contributed by atoms with van der Waals surface area (Å²) in [4.78, 5) is 26.3. The summed E-state index contributed by atoms with van der Waals surface area (Å²) in [6.45, 7) is 0.981. The average Bonchev–Trinajstić information content (AvgIpc) is 2.82. The van der Waals surface area contributed by atoms with Crippen LogP contribution in [0.25, 0.3) is 0 Å². The lowest BCUT2D eigenvalue weighted by Crippen LogP contribution is -2.37. The lowest BCUT2D eigenvalue weighted by atomic mass is 10.1. The number of hydrogen-bond acceptors (Lipinski definition) is 3. The summed E-state index contributed by atoms with van der Waals surface area (Å²) in [5.41, 5.74) is 0. The first kappa shape index (κ1) is 12.3. The van der Waals surface area contributed by atoms with E-state index in [0.717, 1.165) is 37.1 Å². The van der Waals surface area contributed by atoms with Crippen LogP contribution in [0.2, 0.25) is 0 Å². The number of rotatable bonds is 3. The smallest absolute Gasteiger partial charge is 0.222 e. The van der Waals surface area contributed by atoms with Crippen molar-refractivity contribution in [3.05, 3.63) is 22.4 Å². The van der Waals surface area contributed by atoms with Gasteiger partial charge in [0.25, 0.3) is 0 Å². The number of hydrogen-bond donors (Lipinski definition) is 0. The second-order valence-corrected chi connectivity index (χ2v) is 5.33. The molecule has 0 aliphatic carbocycles. The summed E-state index contributed by atoms with van der Waals surface area (Å²) in [6.07, 6.45) is 4.87. The molecule has 0 N–H and O–H groups in total. The fourth-order valence-corrected chi connectivity index (χ4v) is 2.73. The van der Waals surface area contributed by atoms with Gasteiger partial charge in [-0.05, 0) is 24.3 Å². The van der Waals surface area contributed by atoms with Crippen LogP contribution in [-0.2, 0) is 4.79 Å². The van der Waals surface area contributed by atoms with Gasteiger partial charge in [0.05, 0.1) is 11.4 Å². The van der Waals surface area contributed by atoms with Gasteiger partial charge in [-0.1, -0.05) is 18.9 Å². The predicted octanol–water partition coefficient (Wildman–Crippen LogP) is 2.72. The Morgan fingerprint density at radius 1 is 1.29 bits per heavy atom. The molecule has 0 radical (unpaired) electrons. The number of nitrogens with zero attached hydrogens (tertiary/aromatic N) is 1. The van der Waals surface area contributed by atoms with E-state index in [0.29, 0.717) is 6.42 Å². The Balaban J connectivity index is 1.95. The highest BCUT2D eigenvalue weighted by Crippen LogP contribution is 2.14. The highest BCUT2D eigenvalue weighted by Gasteiger charge is 2.19. The molecule has 1 aromatic heterocycles. The second kappa shape index (κ2) is 5.96. The van der Waals surface area contributed by atoms with Gasteiger partial charge in [-0.15, -0.1) is 11.3 Å². The third-order valence-electron chi connectivity index (χ3n) is 3.05. The summed E-state index contributed by atoms with van der Waals surface area (Å²) >= 11 is 1.44. The third kappa shape index (κ3) is 3.40. The minimum atomic E-state index is 0.0638. The monoisotopic (exact) mass is 251 g/mol. The number of carbonyl (C=O) groups is 2. The fraction of sp³-hybridized carbons (Fsp3) is 0.538. The Bertz CT molecular complexity index is 386. The molecule has 2 rings (SSSR count). The zero-order valence-electron chi connectivity index (χ0n) is 9.85. The van der Waals surface area contributed by atoms with Crippen molar-refractivity contribution in [1.29, 1.82) is 0 Å². The van der Waals surface area contributed by atoms with Gasteiger partial charge in [-0.3, -0.25) is 9.59 Å². The number of thiophene rings is 1. The zero-order valence-corrected chi connectivity index (χ0v) is 10.7. The molecule has 2 heterocycles. The van der Waals surface area contributed by atoms with Gasteiger partial charge in [0.1, 0.15) is 0 Å². The average molecular weight is 251 g/mol. The maximum atomic E-state index is 11.9. The first-order valence-corrected chi connectivity index (χ1v) is 7.00. The summed E-state index contributed by atoms with van der Waals surface area (Å²) in [5.74, 6) is 0.198. The van der Waals surface area contributed by atoms with E-state index in [1.807, 2.05) is 17.5 Å². The molecule has 4 heteroatoms. The Hall–Kier alpha value is -1.16. The molecule has 17 heavy (non-hydrogen) atoms. The van der Waals surface area contributed by atoms with E-state index in [4.69, 9.17) is 0 Å². The number of likely N-dealkylation sites (tertiary alicyclic amines) is 1. The molecule has 1 aliphatic heterocycles. The molecule has 1 saturated heterocycles. The van der Waals surface area contributed by atoms with Crippen molar-refractivity contribution in [3.8, 4) is 0 Å². The van der Waals surface area contributed by atoms with E-state index >= 15 is 0 Å². The van der Waals surface area contributed by atoms with Crippen LogP contribution >= 0.6 is 11.3 Å². The lowest BCUT2D eigenvalue weighted by Gasteiger charge is -2.23. The number of amides is 1. The largest absolute Gasteiger partial charge is 0.335 e. The van der Waals surface area contributed by atoms with Crippen molar-refractivity contribution in [3.63, 3.8) is 0 Å². The predicted molar refractivity (Wildman–Crippen MR) is 68.3 cm³/mol. The van der Waals surface area contributed by atoms with Crippen LogP contribution in [0, 0.1) is 0 Å². The van der Waals surface area contributed by atoms with Crippen molar-refractivity contribution >= 4 is 23.0 Å². The van der Waals surface area contributed by atoms with Crippen molar-refractivity contribution < 1.29 is 9.59 Å². The molecular formula is C13H17NO2S. The standard InChI is InChI=1S/C13H17NO2S/c15-11(12-6-5-9-17-12)10-14-8-4-2-1-3-7-13(14)16/h5-6,9H,1-4,7-8,10H2. The molecule has 0 atom stereocenters. The third-order valence-corrected chi connectivity index (χ3v) is 3.96. The van der Waals surface area contributed by atoms with Crippen molar-refractivity contribution in [2.75, 3.05) is 13.1 Å². The molecule has 1 amide bonds. The Kier molecular flexibility index (Phi) is 4.31. The molecule has 1 aliphatic rings. The highest BCUT2D eigenvalue weighted by atomic mass is 32.1. The van der Waals surface area contributed by atoms with Crippen molar-refractivity contribution in [2.24, 2.45) is 0 Å². The summed E-state index contributed by atoms with van der Waals surface area (Å²) in [7, 11) is 0. The number of carbonyl (C=O) groups excluding carboxylic acids is 2. The molecule has 3 nitrogen and oxygen atoms in total. The van der Waals surface area contributed by atoms with Crippen molar-refractivity contribution in [2.45, 2.75) is 32.1 Å². The van der Waals surface area contributed by atoms with Gasteiger partial charge in [0, 0.05) is 13.0 Å². The Morgan fingerprint density at radius 2 is 2.12 bits per heavy atom. The molecule has 0 aromatic carbocycles. The maximum Gasteiger partial charge on any atom is 0.222 e. The number of ketones is 1. The quantitative estimate of drug-likeness (QED) is 0.775. The molecule has 0 bridgehead atoms. The fourth-order valence-electron chi connectivity index (χ4n) is 2.07. The Labute approximate surface area is 105 Å². The lowest BCUT2D eigenvalue weighted by molar-refractivity contribution is -0.131. The van der Waals surface area contributed by atoms with Crippen LogP contribution in [0.1, 0.15) is 41.8 Å². The molecule has 0 saturated carbocycles. The minimum absolute atomic E-state index is 0.0638. The summed E-state index contributed by atoms with van der Waals surface area (Å²) < 4.78 is 0. The molecule has 0 spiro atoms. The molecule has 0 unspecified atom stereocenters. The van der Waals surface area contributed by atoms with Gasteiger partial charge in [-0.25, -0.2) is 0 Å². The van der Waals surface area contributed by atoms with Gasteiger partial charge in [-0.2, -0.15) is 0 Å². The van der Waals surface area contributed by atoms with Gasteiger partial charge >= 0.3 is 0 Å². The van der Waals surface area contributed by atoms with Crippen LogP contribution in [0.4, 0.5) is 0 Å². The topological polar surface area (TPSA) is 37.4 Å². The first-order valence-electron chi connectivity index (χ1n) is 6.12. The Morgan fingerprint density at radius 3 is 2.88 bits per heavy atom. The zero-order chi connectivity index (χ0) is 12.1. The minimum Gasteiger partial charge on any atom is -0.335 e. The SMILES string of the molecule is O=C(CN1CCCCCCC1=O)c1cccs1. The van der Waals surface area contributed by atoms with Crippen LogP contribution in [0.3, 0.4) is 0 Å². The van der Waals surface area contributed by atoms with Gasteiger partial charge in [0.2, 0.25) is 5.91 Å². The van der Waals surface area contributed by atoms with Gasteiger partial charge < -0.3 is 4.90 Å². The number of Topliss-reactive ketones (excluding diaryl/α,β-unsaturated/α-hetero) is 1. The van der Waals surface area contributed by atoms with E-state index in [-0.39, 0.29) is 18.2 Å². The van der Waals surface area contributed by atoms with Gasteiger partial charge in [0.15, 0.2) is 5.78 Å². The second-order valence-electron chi connectivity index (χ2n) is 4.38. The normalized spacial score (nSPS) is 17.6.